The van der Waals surface area contributed by atoms with Crippen LogP contribution in [0.4, 0.5) is 0 Å². The summed E-state index contributed by atoms with van der Waals surface area (Å²) in [5.41, 5.74) is 2.23. The first-order valence-corrected chi connectivity index (χ1v) is 9.38. The van der Waals surface area contributed by atoms with Gasteiger partial charge in [0, 0.05) is 23.9 Å². The van der Waals surface area contributed by atoms with Gasteiger partial charge in [-0.2, -0.15) is 0 Å². The third kappa shape index (κ3) is 3.47. The Labute approximate surface area is 167 Å². The molecule has 1 amide bonds. The zero-order valence-electron chi connectivity index (χ0n) is 15.6. The average Bonchev–Trinajstić information content (AvgIpc) is 2.87. The third-order valence-corrected chi connectivity index (χ3v) is 4.95. The van der Waals surface area contributed by atoms with Gasteiger partial charge in [0.2, 0.25) is 0 Å². The summed E-state index contributed by atoms with van der Waals surface area (Å²) < 4.78 is 22.3. The van der Waals surface area contributed by atoms with Gasteiger partial charge in [-0.3, -0.25) is 4.79 Å². The van der Waals surface area contributed by atoms with Crippen LogP contribution in [0.5, 0.6) is 17.2 Å². The number of methoxy groups -OCH3 is 1. The molecule has 0 radical (unpaired) electrons. The van der Waals surface area contributed by atoms with E-state index in [-0.39, 0.29) is 18.2 Å². The normalized spacial score (nSPS) is 13.2. The highest BCUT2D eigenvalue weighted by atomic mass is 35.5. The monoisotopic (exact) mass is 401 g/mol. The quantitative estimate of drug-likeness (QED) is 0.697. The van der Waals surface area contributed by atoms with E-state index in [1.807, 2.05) is 19.1 Å². The Morgan fingerprint density at radius 2 is 2.04 bits per heavy atom. The SMILES string of the molecule is COc1ccc2oc(C(=O)NCc3cc(Cl)c4c(c3)OCCCO4)c(C)c2c1. The molecule has 0 bridgehead atoms. The van der Waals surface area contributed by atoms with Crippen molar-refractivity contribution in [1.82, 2.24) is 5.32 Å². The number of ether oxygens (including phenoxy) is 3. The first-order chi connectivity index (χ1) is 13.6. The fourth-order valence-corrected chi connectivity index (χ4v) is 3.48. The number of carbonyl (C=O) groups excluding carboxylic acids is 1. The molecule has 1 aromatic heterocycles. The molecule has 0 saturated heterocycles. The summed E-state index contributed by atoms with van der Waals surface area (Å²) in [5.74, 6) is 1.85. The van der Waals surface area contributed by atoms with Crippen molar-refractivity contribution in [3.05, 3.63) is 52.2 Å². The first-order valence-electron chi connectivity index (χ1n) is 9.00. The molecule has 1 aliphatic rings. The number of hydrogen-bond donors (Lipinski definition) is 1. The number of rotatable bonds is 4. The molecule has 3 aromatic rings. The molecule has 0 fully saturated rings. The van der Waals surface area contributed by atoms with Crippen molar-refractivity contribution in [2.24, 2.45) is 0 Å². The van der Waals surface area contributed by atoms with Crippen molar-refractivity contribution in [3.8, 4) is 17.2 Å². The van der Waals surface area contributed by atoms with Crippen molar-refractivity contribution in [2.45, 2.75) is 19.9 Å². The van der Waals surface area contributed by atoms with Crippen molar-refractivity contribution in [1.29, 1.82) is 0 Å². The molecule has 6 nitrogen and oxygen atoms in total. The summed E-state index contributed by atoms with van der Waals surface area (Å²) in [6.07, 6.45) is 0.799. The van der Waals surface area contributed by atoms with Crippen LogP contribution in [0.2, 0.25) is 5.02 Å². The number of fused-ring (bicyclic) bond motifs is 2. The van der Waals surface area contributed by atoms with Crippen LogP contribution in [0.25, 0.3) is 11.0 Å². The fourth-order valence-electron chi connectivity index (χ4n) is 3.19. The van der Waals surface area contributed by atoms with Gasteiger partial charge in [-0.15, -0.1) is 0 Å². The molecular formula is C21H20ClNO5. The van der Waals surface area contributed by atoms with Crippen LogP contribution in [0, 0.1) is 6.92 Å². The number of benzene rings is 2. The van der Waals surface area contributed by atoms with Gasteiger partial charge in [0.05, 0.1) is 25.3 Å². The molecule has 146 valence electrons. The van der Waals surface area contributed by atoms with Gasteiger partial charge in [0.15, 0.2) is 17.3 Å². The maximum atomic E-state index is 12.7. The van der Waals surface area contributed by atoms with E-state index in [0.717, 1.165) is 22.9 Å². The van der Waals surface area contributed by atoms with Crippen molar-refractivity contribution >= 4 is 28.5 Å². The van der Waals surface area contributed by atoms with Gasteiger partial charge >= 0.3 is 0 Å². The van der Waals surface area contributed by atoms with E-state index in [1.165, 1.54) is 0 Å². The number of halogens is 1. The lowest BCUT2D eigenvalue weighted by molar-refractivity contribution is 0.0924. The van der Waals surface area contributed by atoms with Crippen LogP contribution in [0.3, 0.4) is 0 Å². The minimum atomic E-state index is -0.295. The molecule has 0 atom stereocenters. The van der Waals surface area contributed by atoms with E-state index in [4.69, 9.17) is 30.2 Å². The second kappa shape index (κ2) is 7.64. The lowest BCUT2D eigenvalue weighted by Crippen LogP contribution is -2.23. The van der Waals surface area contributed by atoms with Gasteiger partial charge in [-0.1, -0.05) is 11.6 Å². The average molecular weight is 402 g/mol. The van der Waals surface area contributed by atoms with E-state index in [1.54, 1.807) is 25.3 Å². The zero-order valence-corrected chi connectivity index (χ0v) is 16.4. The van der Waals surface area contributed by atoms with Crippen molar-refractivity contribution in [2.75, 3.05) is 20.3 Å². The molecule has 0 unspecified atom stereocenters. The zero-order chi connectivity index (χ0) is 19.7. The van der Waals surface area contributed by atoms with Crippen LogP contribution in [-0.2, 0) is 6.54 Å². The molecule has 0 saturated carbocycles. The Morgan fingerprint density at radius 1 is 1.21 bits per heavy atom. The summed E-state index contributed by atoms with van der Waals surface area (Å²) in [4.78, 5) is 12.7. The second-order valence-corrected chi connectivity index (χ2v) is 6.96. The first kappa shape index (κ1) is 18.5. The number of nitrogens with one attached hydrogen (secondary N) is 1. The van der Waals surface area contributed by atoms with E-state index >= 15 is 0 Å². The van der Waals surface area contributed by atoms with Gasteiger partial charge in [0.25, 0.3) is 5.91 Å². The molecule has 7 heteroatoms. The molecule has 1 N–H and O–H groups in total. The predicted octanol–water partition coefficient (Wildman–Crippen LogP) is 4.49. The highest BCUT2D eigenvalue weighted by Crippen LogP contribution is 2.38. The Balaban J connectivity index is 1.53. The lowest BCUT2D eigenvalue weighted by Gasteiger charge is -2.12. The number of furan rings is 1. The topological polar surface area (TPSA) is 69.9 Å². The van der Waals surface area contributed by atoms with Crippen LogP contribution in [-0.4, -0.2) is 26.2 Å². The van der Waals surface area contributed by atoms with Gasteiger partial charge in [-0.25, -0.2) is 0 Å². The van der Waals surface area contributed by atoms with E-state index < -0.39 is 0 Å². The molecule has 2 heterocycles. The van der Waals surface area contributed by atoms with Crippen LogP contribution in [0.15, 0.2) is 34.7 Å². The molecule has 0 aliphatic carbocycles. The Kier molecular flexibility index (Phi) is 5.05. The summed E-state index contributed by atoms with van der Waals surface area (Å²) in [6.45, 7) is 3.28. The summed E-state index contributed by atoms with van der Waals surface area (Å²) in [5, 5.41) is 4.19. The summed E-state index contributed by atoms with van der Waals surface area (Å²) in [6, 6.07) is 9.05. The predicted molar refractivity (Wildman–Crippen MR) is 106 cm³/mol. The van der Waals surface area contributed by atoms with E-state index in [9.17, 15) is 4.79 Å². The molecular weight excluding hydrogens is 382 g/mol. The Hall–Kier alpha value is -2.86. The van der Waals surface area contributed by atoms with Crippen LogP contribution >= 0.6 is 11.6 Å². The van der Waals surface area contributed by atoms with Crippen molar-refractivity contribution < 1.29 is 23.4 Å². The number of carbonyl (C=O) groups is 1. The number of aryl methyl sites for hydroxylation is 1. The van der Waals surface area contributed by atoms with Gasteiger partial charge in [-0.05, 0) is 42.8 Å². The van der Waals surface area contributed by atoms with Gasteiger partial charge in [0.1, 0.15) is 11.3 Å². The third-order valence-electron chi connectivity index (χ3n) is 4.66. The highest BCUT2D eigenvalue weighted by molar-refractivity contribution is 6.32. The van der Waals surface area contributed by atoms with E-state index in [2.05, 4.69) is 5.32 Å². The number of amides is 1. The number of hydrogen-bond acceptors (Lipinski definition) is 5. The van der Waals surface area contributed by atoms with Gasteiger partial charge < -0.3 is 23.9 Å². The summed E-state index contributed by atoms with van der Waals surface area (Å²) in [7, 11) is 1.60. The largest absolute Gasteiger partial charge is 0.497 e. The van der Waals surface area contributed by atoms with Crippen LogP contribution in [0.1, 0.15) is 28.1 Å². The maximum Gasteiger partial charge on any atom is 0.287 e. The van der Waals surface area contributed by atoms with Crippen molar-refractivity contribution in [3.63, 3.8) is 0 Å². The standard InChI is InChI=1S/C21H20ClNO5/c1-12-15-10-14(25-2)4-5-17(15)28-19(12)21(24)23-11-13-8-16(22)20-18(9-13)26-6-3-7-27-20/h4-5,8-10H,3,6-7,11H2,1-2H3,(H,23,24). The second-order valence-electron chi connectivity index (χ2n) is 6.56. The summed E-state index contributed by atoms with van der Waals surface area (Å²) >= 11 is 6.31. The molecule has 0 spiro atoms. The fraction of sp³-hybridized carbons (Fsp3) is 0.286. The lowest BCUT2D eigenvalue weighted by atomic mass is 10.1. The van der Waals surface area contributed by atoms with Crippen LogP contribution < -0.4 is 19.5 Å². The minimum absolute atomic E-state index is 0.281. The Bertz CT molecular complexity index is 1040. The molecule has 1 aliphatic heterocycles. The highest BCUT2D eigenvalue weighted by Gasteiger charge is 2.19. The van der Waals surface area contributed by atoms with E-state index in [0.29, 0.717) is 41.1 Å². The molecule has 4 rings (SSSR count). The molecule has 2 aromatic carbocycles. The smallest absolute Gasteiger partial charge is 0.287 e. The maximum absolute atomic E-state index is 12.7. The minimum Gasteiger partial charge on any atom is -0.497 e. The Morgan fingerprint density at radius 3 is 2.86 bits per heavy atom. The molecule has 28 heavy (non-hydrogen) atoms.